The Hall–Kier alpha value is -2.60. The molecule has 0 bridgehead atoms. The van der Waals surface area contributed by atoms with Crippen LogP contribution < -0.4 is 0 Å². The average Bonchev–Trinajstić information content (AvgIpc) is 2.58. The predicted octanol–water partition coefficient (Wildman–Crippen LogP) is 3.96. The number of amides is 1. The molecule has 3 heteroatoms. The first-order chi connectivity index (χ1) is 11.3. The maximum Gasteiger partial charge on any atom is 0.247 e. The molecule has 1 aliphatic heterocycles. The molecule has 0 saturated carbocycles. The van der Waals surface area contributed by atoms with E-state index in [1.165, 1.54) is 0 Å². The van der Waals surface area contributed by atoms with E-state index in [9.17, 15) is 10.1 Å². The maximum absolute atomic E-state index is 13.0. The van der Waals surface area contributed by atoms with Crippen molar-refractivity contribution in [3.05, 3.63) is 71.8 Å². The highest BCUT2D eigenvalue weighted by Crippen LogP contribution is 2.65. The van der Waals surface area contributed by atoms with Gasteiger partial charge in [0.15, 0.2) is 5.41 Å². The predicted molar refractivity (Wildman–Crippen MR) is 93.9 cm³/mol. The minimum Gasteiger partial charge on any atom is -0.328 e. The third kappa shape index (κ3) is 1.69. The van der Waals surface area contributed by atoms with Crippen LogP contribution in [0.15, 0.2) is 60.7 Å². The molecule has 3 rings (SSSR count). The van der Waals surface area contributed by atoms with Crippen LogP contribution in [0.4, 0.5) is 0 Å². The summed E-state index contributed by atoms with van der Waals surface area (Å²) in [4.78, 5) is 14.8. The average molecular weight is 318 g/mol. The molecule has 0 aromatic heterocycles. The van der Waals surface area contributed by atoms with Gasteiger partial charge in [-0.2, -0.15) is 5.26 Å². The molecule has 3 nitrogen and oxygen atoms in total. The van der Waals surface area contributed by atoms with Crippen LogP contribution in [0.25, 0.3) is 0 Å². The van der Waals surface area contributed by atoms with Crippen LogP contribution in [0.3, 0.4) is 0 Å². The Morgan fingerprint density at radius 1 is 0.917 bits per heavy atom. The number of nitriles is 1. The lowest BCUT2D eigenvalue weighted by molar-refractivity contribution is -0.190. The van der Waals surface area contributed by atoms with Gasteiger partial charge in [0.1, 0.15) is 5.54 Å². The van der Waals surface area contributed by atoms with E-state index >= 15 is 0 Å². The molecular formula is C21H22N2O. The third-order valence-electron chi connectivity index (χ3n) is 5.35. The molecule has 0 spiro atoms. The topological polar surface area (TPSA) is 44.1 Å². The van der Waals surface area contributed by atoms with E-state index in [-0.39, 0.29) is 5.91 Å². The van der Waals surface area contributed by atoms with Crippen molar-refractivity contribution in [1.82, 2.24) is 4.90 Å². The second-order valence-electron chi connectivity index (χ2n) is 7.42. The molecule has 24 heavy (non-hydrogen) atoms. The van der Waals surface area contributed by atoms with E-state index in [1.54, 1.807) is 11.9 Å². The molecular weight excluding hydrogens is 296 g/mol. The Balaban J connectivity index is 2.42. The second kappa shape index (κ2) is 5.21. The van der Waals surface area contributed by atoms with E-state index in [0.29, 0.717) is 0 Å². The van der Waals surface area contributed by atoms with Crippen LogP contribution in [-0.2, 0) is 10.3 Å². The van der Waals surface area contributed by atoms with Crippen molar-refractivity contribution >= 4 is 5.91 Å². The zero-order valence-corrected chi connectivity index (χ0v) is 14.6. The molecule has 1 heterocycles. The number of nitrogens with zero attached hydrogens (tertiary/aromatic N) is 2. The summed E-state index contributed by atoms with van der Waals surface area (Å²) in [5.74, 6) is -0.120. The van der Waals surface area contributed by atoms with Gasteiger partial charge in [0, 0.05) is 7.05 Å². The summed E-state index contributed by atoms with van der Waals surface area (Å²) in [5.41, 5.74) is -0.529. The summed E-state index contributed by atoms with van der Waals surface area (Å²) in [5, 5.41) is 10.2. The lowest BCUT2D eigenvalue weighted by atomic mass is 9.46. The fourth-order valence-electron chi connectivity index (χ4n) is 4.26. The maximum atomic E-state index is 13.0. The minimum absolute atomic E-state index is 0.120. The van der Waals surface area contributed by atoms with Gasteiger partial charge in [0.25, 0.3) is 0 Å². The standard InChI is InChI=1S/C21H22N2O/c1-19(2,3)20(15-22)18(24)23(4)21(20,16-11-7-5-8-12-16)17-13-9-6-10-14-17/h5-14H,1-4H3. The SMILES string of the molecule is CN1C(=O)C(C#N)(C(C)(C)C)C1(c1ccccc1)c1ccccc1. The van der Waals surface area contributed by atoms with Gasteiger partial charge in [0.2, 0.25) is 5.91 Å². The molecule has 2 aromatic rings. The number of β-lactam (4-membered cyclic amide) rings is 1. The third-order valence-corrected chi connectivity index (χ3v) is 5.35. The zero-order chi connectivity index (χ0) is 17.6. The normalized spacial score (nSPS) is 22.6. The van der Waals surface area contributed by atoms with Gasteiger partial charge in [-0.3, -0.25) is 4.79 Å². The van der Waals surface area contributed by atoms with Crippen LogP contribution in [0.1, 0.15) is 31.9 Å². The van der Waals surface area contributed by atoms with Gasteiger partial charge in [0.05, 0.1) is 6.07 Å². The van der Waals surface area contributed by atoms with Crippen LogP contribution in [-0.4, -0.2) is 17.9 Å². The molecule has 1 unspecified atom stereocenters. The molecule has 2 aromatic carbocycles. The number of carbonyl (C=O) groups excluding carboxylic acids is 1. The summed E-state index contributed by atoms with van der Waals surface area (Å²) < 4.78 is 0. The molecule has 1 amide bonds. The van der Waals surface area contributed by atoms with Crippen molar-refractivity contribution in [2.45, 2.75) is 26.3 Å². The highest BCUT2D eigenvalue weighted by Gasteiger charge is 2.76. The first-order valence-corrected chi connectivity index (χ1v) is 8.14. The second-order valence-corrected chi connectivity index (χ2v) is 7.42. The molecule has 1 saturated heterocycles. The molecule has 1 fully saturated rings. The number of hydrogen-bond donors (Lipinski definition) is 0. The molecule has 1 aliphatic rings. The van der Waals surface area contributed by atoms with E-state index in [1.807, 2.05) is 81.4 Å². The fourth-order valence-corrected chi connectivity index (χ4v) is 4.26. The van der Waals surface area contributed by atoms with E-state index in [2.05, 4.69) is 6.07 Å². The summed E-state index contributed by atoms with van der Waals surface area (Å²) in [6.07, 6.45) is 0. The Labute approximate surface area is 143 Å². The van der Waals surface area contributed by atoms with Crippen LogP contribution in [0.2, 0.25) is 0 Å². The van der Waals surface area contributed by atoms with E-state index < -0.39 is 16.4 Å². The van der Waals surface area contributed by atoms with Crippen molar-refractivity contribution in [3.8, 4) is 6.07 Å². The Bertz CT molecular complexity index is 760. The van der Waals surface area contributed by atoms with Crippen LogP contribution in [0.5, 0.6) is 0 Å². The van der Waals surface area contributed by atoms with Gasteiger partial charge >= 0.3 is 0 Å². The van der Waals surface area contributed by atoms with Crippen molar-refractivity contribution in [1.29, 1.82) is 5.26 Å². The Morgan fingerprint density at radius 3 is 1.67 bits per heavy atom. The smallest absolute Gasteiger partial charge is 0.247 e. The minimum atomic E-state index is -1.16. The highest BCUT2D eigenvalue weighted by molar-refractivity contribution is 5.97. The lowest BCUT2D eigenvalue weighted by Gasteiger charge is -2.65. The first-order valence-electron chi connectivity index (χ1n) is 8.14. The summed E-state index contributed by atoms with van der Waals surface area (Å²) >= 11 is 0. The van der Waals surface area contributed by atoms with Crippen LogP contribution >= 0.6 is 0 Å². The molecule has 0 aliphatic carbocycles. The van der Waals surface area contributed by atoms with Gasteiger partial charge < -0.3 is 4.90 Å². The van der Waals surface area contributed by atoms with Gasteiger partial charge in [-0.1, -0.05) is 81.4 Å². The largest absolute Gasteiger partial charge is 0.328 e. The first kappa shape index (κ1) is 16.3. The van der Waals surface area contributed by atoms with E-state index in [0.717, 1.165) is 11.1 Å². The Morgan fingerprint density at radius 2 is 1.33 bits per heavy atom. The number of hydrogen-bond acceptors (Lipinski definition) is 2. The quantitative estimate of drug-likeness (QED) is 0.787. The van der Waals surface area contributed by atoms with Gasteiger partial charge in [-0.05, 0) is 16.5 Å². The van der Waals surface area contributed by atoms with E-state index in [4.69, 9.17) is 0 Å². The van der Waals surface area contributed by atoms with Crippen molar-refractivity contribution < 1.29 is 4.79 Å². The molecule has 122 valence electrons. The van der Waals surface area contributed by atoms with Crippen LogP contribution in [0, 0.1) is 22.2 Å². The fraction of sp³-hybridized carbons (Fsp3) is 0.333. The van der Waals surface area contributed by atoms with Gasteiger partial charge in [-0.25, -0.2) is 0 Å². The summed E-state index contributed by atoms with van der Waals surface area (Å²) in [6, 6.07) is 22.2. The number of benzene rings is 2. The summed E-state index contributed by atoms with van der Waals surface area (Å²) in [7, 11) is 1.80. The Kier molecular flexibility index (Phi) is 3.53. The van der Waals surface area contributed by atoms with Crippen molar-refractivity contribution in [2.75, 3.05) is 7.05 Å². The zero-order valence-electron chi connectivity index (χ0n) is 14.6. The van der Waals surface area contributed by atoms with Crippen molar-refractivity contribution in [2.24, 2.45) is 10.8 Å². The number of carbonyl (C=O) groups is 1. The molecule has 1 atom stereocenters. The number of likely N-dealkylation sites (tertiary alicyclic amines) is 1. The molecule has 0 N–H and O–H groups in total. The van der Waals surface area contributed by atoms with Crippen molar-refractivity contribution in [3.63, 3.8) is 0 Å². The lowest BCUT2D eigenvalue weighted by Crippen LogP contribution is -2.78. The number of rotatable bonds is 2. The van der Waals surface area contributed by atoms with Gasteiger partial charge in [-0.15, -0.1) is 0 Å². The summed E-state index contributed by atoms with van der Waals surface area (Å²) in [6.45, 7) is 5.92. The molecule has 0 radical (unpaired) electrons. The highest BCUT2D eigenvalue weighted by atomic mass is 16.2. The monoisotopic (exact) mass is 318 g/mol.